The first kappa shape index (κ1) is 19.1. The zero-order valence-corrected chi connectivity index (χ0v) is 16.9. The third-order valence-corrected chi connectivity index (χ3v) is 5.07. The van der Waals surface area contributed by atoms with E-state index >= 15 is 0 Å². The smallest absolute Gasteiger partial charge is 0.265 e. The van der Waals surface area contributed by atoms with Gasteiger partial charge in [0.25, 0.3) is 11.8 Å². The van der Waals surface area contributed by atoms with Crippen LogP contribution < -0.4 is 10.1 Å². The molecule has 8 heteroatoms. The highest BCUT2D eigenvalue weighted by Gasteiger charge is 2.31. The van der Waals surface area contributed by atoms with Gasteiger partial charge >= 0.3 is 0 Å². The van der Waals surface area contributed by atoms with Crippen molar-refractivity contribution in [2.75, 3.05) is 14.2 Å². The summed E-state index contributed by atoms with van der Waals surface area (Å²) in [4.78, 5) is 25.9. The molecule has 140 valence electrons. The summed E-state index contributed by atoms with van der Waals surface area (Å²) in [5.41, 5.74) is 3.31. The second kappa shape index (κ2) is 7.17. The van der Waals surface area contributed by atoms with E-state index in [-0.39, 0.29) is 10.7 Å². The summed E-state index contributed by atoms with van der Waals surface area (Å²) in [6.45, 7) is 3.83. The average Bonchev–Trinajstić information content (AvgIpc) is 2.90. The summed E-state index contributed by atoms with van der Waals surface area (Å²) in [6.07, 6.45) is 1.58. The number of aryl methyl sites for hydroxylation is 1. The van der Waals surface area contributed by atoms with Crippen LogP contribution in [0.3, 0.4) is 0 Å². The van der Waals surface area contributed by atoms with Crippen molar-refractivity contribution in [2.24, 2.45) is 0 Å². The number of hydrogen-bond donors (Lipinski definition) is 1. The third-order valence-electron chi connectivity index (χ3n) is 4.46. The molecule has 2 amide bonds. The third kappa shape index (κ3) is 3.36. The highest BCUT2D eigenvalue weighted by atomic mass is 35.5. The SMILES string of the molecule is COc1ccc(Cl)cc1-n1c(C)cc(/C=C2\C(=O)NC(=S)N(C)C2=O)c1C. The molecule has 0 unspecified atom stereocenters. The van der Waals surface area contributed by atoms with Gasteiger partial charge in [-0.1, -0.05) is 11.6 Å². The van der Waals surface area contributed by atoms with Crippen LogP contribution in [0.5, 0.6) is 5.75 Å². The van der Waals surface area contributed by atoms with Crippen LogP contribution in [0.25, 0.3) is 11.8 Å². The first-order valence-corrected chi connectivity index (χ1v) is 8.91. The van der Waals surface area contributed by atoms with Gasteiger partial charge in [0, 0.05) is 23.5 Å². The van der Waals surface area contributed by atoms with E-state index in [0.717, 1.165) is 22.6 Å². The summed E-state index contributed by atoms with van der Waals surface area (Å²) >= 11 is 11.1. The first-order chi connectivity index (χ1) is 12.7. The minimum atomic E-state index is -0.506. The Morgan fingerprint density at radius 1 is 1.22 bits per heavy atom. The van der Waals surface area contributed by atoms with Gasteiger partial charge in [-0.3, -0.25) is 19.8 Å². The molecule has 1 aromatic carbocycles. The molecule has 1 fully saturated rings. The van der Waals surface area contributed by atoms with Gasteiger partial charge in [-0.15, -0.1) is 0 Å². The van der Waals surface area contributed by atoms with Crippen molar-refractivity contribution in [1.82, 2.24) is 14.8 Å². The number of nitrogens with one attached hydrogen (secondary N) is 1. The second-order valence-corrected chi connectivity index (χ2v) is 6.98. The fourth-order valence-corrected chi connectivity index (χ4v) is 3.39. The molecule has 2 aromatic rings. The molecule has 0 radical (unpaired) electrons. The zero-order chi connectivity index (χ0) is 19.9. The van der Waals surface area contributed by atoms with E-state index < -0.39 is 11.8 Å². The van der Waals surface area contributed by atoms with Crippen molar-refractivity contribution in [3.8, 4) is 11.4 Å². The van der Waals surface area contributed by atoms with Crippen LogP contribution in [0.1, 0.15) is 17.0 Å². The minimum Gasteiger partial charge on any atom is -0.495 e. The Hall–Kier alpha value is -2.64. The number of benzene rings is 1. The van der Waals surface area contributed by atoms with Gasteiger partial charge in [0.05, 0.1) is 12.8 Å². The molecule has 1 aliphatic heterocycles. The fourth-order valence-electron chi connectivity index (χ4n) is 3.04. The Morgan fingerprint density at radius 3 is 2.59 bits per heavy atom. The van der Waals surface area contributed by atoms with Crippen molar-refractivity contribution < 1.29 is 14.3 Å². The van der Waals surface area contributed by atoms with Gasteiger partial charge in [-0.25, -0.2) is 0 Å². The van der Waals surface area contributed by atoms with E-state index in [2.05, 4.69) is 5.32 Å². The Balaban J connectivity index is 2.13. The number of likely N-dealkylation sites (N-methyl/N-ethyl adjacent to an activating group) is 1. The number of carbonyl (C=O) groups is 2. The Labute approximate surface area is 167 Å². The molecule has 0 atom stereocenters. The average molecular weight is 404 g/mol. The fraction of sp³-hybridized carbons (Fsp3) is 0.211. The summed E-state index contributed by atoms with van der Waals surface area (Å²) in [5.74, 6) is -0.279. The normalized spacial score (nSPS) is 16.1. The van der Waals surface area contributed by atoms with Crippen LogP contribution >= 0.6 is 23.8 Å². The van der Waals surface area contributed by atoms with Gasteiger partial charge in [-0.05, 0) is 62.0 Å². The van der Waals surface area contributed by atoms with Crippen LogP contribution in [0.4, 0.5) is 0 Å². The van der Waals surface area contributed by atoms with Crippen molar-refractivity contribution in [3.63, 3.8) is 0 Å². The van der Waals surface area contributed by atoms with Gasteiger partial charge in [-0.2, -0.15) is 0 Å². The molecule has 1 aliphatic rings. The number of nitrogens with zero attached hydrogens (tertiary/aromatic N) is 2. The number of aromatic nitrogens is 1. The van der Waals surface area contributed by atoms with Crippen LogP contribution in [0, 0.1) is 13.8 Å². The van der Waals surface area contributed by atoms with Gasteiger partial charge in [0.15, 0.2) is 5.11 Å². The molecule has 1 aromatic heterocycles. The van der Waals surface area contributed by atoms with Crippen LogP contribution in [-0.4, -0.2) is 40.6 Å². The molecule has 6 nitrogen and oxygen atoms in total. The predicted octanol–water partition coefficient (Wildman–Crippen LogP) is 3.01. The number of amides is 2. The lowest BCUT2D eigenvalue weighted by molar-refractivity contribution is -0.128. The summed E-state index contributed by atoms with van der Waals surface area (Å²) in [7, 11) is 3.12. The Morgan fingerprint density at radius 2 is 1.93 bits per heavy atom. The topological polar surface area (TPSA) is 63.6 Å². The molecule has 0 bridgehead atoms. The standard InChI is InChI=1S/C19H18ClN3O3S/c1-10-7-12(8-14-17(24)21-19(27)22(3)18(14)25)11(2)23(10)15-9-13(20)5-6-16(15)26-4/h5-9H,1-4H3,(H,21,24,27)/b14-8+. The van der Waals surface area contributed by atoms with E-state index in [1.54, 1.807) is 25.3 Å². The Bertz CT molecular complexity index is 1010. The van der Waals surface area contributed by atoms with Crippen LogP contribution in [0.15, 0.2) is 29.8 Å². The van der Waals surface area contributed by atoms with Gasteiger partial charge < -0.3 is 9.30 Å². The largest absolute Gasteiger partial charge is 0.495 e. The maximum atomic E-state index is 12.4. The van der Waals surface area contributed by atoms with Crippen molar-refractivity contribution in [3.05, 3.63) is 51.8 Å². The van der Waals surface area contributed by atoms with E-state index in [0.29, 0.717) is 10.8 Å². The summed E-state index contributed by atoms with van der Waals surface area (Å²) in [5, 5.41) is 3.19. The first-order valence-electron chi connectivity index (χ1n) is 8.12. The minimum absolute atomic E-state index is 0.0319. The number of halogens is 1. The van der Waals surface area contributed by atoms with E-state index in [1.807, 2.05) is 30.5 Å². The summed E-state index contributed by atoms with van der Waals surface area (Å²) < 4.78 is 7.42. The van der Waals surface area contributed by atoms with Gasteiger partial charge in [0.1, 0.15) is 11.3 Å². The number of thiocarbonyl (C=S) groups is 1. The number of rotatable bonds is 3. The molecular weight excluding hydrogens is 386 g/mol. The highest BCUT2D eigenvalue weighted by Crippen LogP contribution is 2.31. The number of ether oxygens (including phenoxy) is 1. The molecule has 0 saturated carbocycles. The maximum absolute atomic E-state index is 12.4. The lowest BCUT2D eigenvalue weighted by Gasteiger charge is -2.25. The molecule has 3 rings (SSSR count). The van der Waals surface area contributed by atoms with E-state index in [4.69, 9.17) is 28.6 Å². The molecule has 0 aliphatic carbocycles. The summed E-state index contributed by atoms with van der Waals surface area (Å²) in [6, 6.07) is 7.26. The number of carbonyl (C=O) groups excluding carboxylic acids is 2. The van der Waals surface area contributed by atoms with E-state index in [1.165, 1.54) is 11.9 Å². The molecule has 1 N–H and O–H groups in total. The molecule has 0 spiro atoms. The second-order valence-electron chi connectivity index (χ2n) is 6.16. The van der Waals surface area contributed by atoms with Gasteiger partial charge in [0.2, 0.25) is 0 Å². The molecule has 27 heavy (non-hydrogen) atoms. The number of methoxy groups -OCH3 is 1. The van der Waals surface area contributed by atoms with Crippen molar-refractivity contribution >= 4 is 46.8 Å². The molecule has 1 saturated heterocycles. The molecule has 2 heterocycles. The monoisotopic (exact) mass is 403 g/mol. The number of hydrogen-bond acceptors (Lipinski definition) is 4. The predicted molar refractivity (Wildman–Crippen MR) is 108 cm³/mol. The highest BCUT2D eigenvalue weighted by molar-refractivity contribution is 7.80. The zero-order valence-electron chi connectivity index (χ0n) is 15.3. The van der Waals surface area contributed by atoms with Crippen LogP contribution in [0.2, 0.25) is 5.02 Å². The lowest BCUT2D eigenvalue weighted by Crippen LogP contribution is -2.52. The van der Waals surface area contributed by atoms with Crippen molar-refractivity contribution in [1.29, 1.82) is 0 Å². The maximum Gasteiger partial charge on any atom is 0.265 e. The lowest BCUT2D eigenvalue weighted by atomic mass is 10.1. The Kier molecular flexibility index (Phi) is 5.08. The van der Waals surface area contributed by atoms with Crippen molar-refractivity contribution in [2.45, 2.75) is 13.8 Å². The molecular formula is C19H18ClN3O3S. The van der Waals surface area contributed by atoms with Crippen LogP contribution in [-0.2, 0) is 9.59 Å². The van der Waals surface area contributed by atoms with E-state index in [9.17, 15) is 9.59 Å². The quantitative estimate of drug-likeness (QED) is 0.486.